The fourth-order valence-electron chi connectivity index (χ4n) is 1.70. The van der Waals surface area contributed by atoms with Gasteiger partial charge in [0.2, 0.25) is 0 Å². The van der Waals surface area contributed by atoms with E-state index >= 15 is 0 Å². The van der Waals surface area contributed by atoms with Crippen molar-refractivity contribution in [2.45, 2.75) is 26.4 Å². The summed E-state index contributed by atoms with van der Waals surface area (Å²) in [5.74, 6) is 0.790. The van der Waals surface area contributed by atoms with Crippen LogP contribution in [0.3, 0.4) is 0 Å². The molecule has 19 heavy (non-hydrogen) atoms. The summed E-state index contributed by atoms with van der Waals surface area (Å²) in [6.07, 6.45) is 1.36. The highest BCUT2D eigenvalue weighted by atomic mass is 16.4. The van der Waals surface area contributed by atoms with E-state index in [1.807, 2.05) is 26.0 Å². The summed E-state index contributed by atoms with van der Waals surface area (Å²) >= 11 is 0. The monoisotopic (exact) mass is 260 g/mol. The van der Waals surface area contributed by atoms with Crippen molar-refractivity contribution in [3.8, 4) is 0 Å². The number of nitrogens with one attached hydrogen (secondary N) is 1. The lowest BCUT2D eigenvalue weighted by atomic mass is 10.2. The molecule has 0 radical (unpaired) electrons. The van der Waals surface area contributed by atoms with Crippen molar-refractivity contribution >= 4 is 5.97 Å². The highest BCUT2D eigenvalue weighted by Gasteiger charge is 2.09. The second kappa shape index (κ2) is 5.67. The summed E-state index contributed by atoms with van der Waals surface area (Å²) in [6, 6.07) is 7.20. The first-order valence-electron chi connectivity index (χ1n) is 6.04. The minimum atomic E-state index is -0.966. The molecule has 2 N–H and O–H groups in total. The number of furan rings is 1. The Morgan fingerprint density at radius 3 is 2.74 bits per heavy atom. The fourth-order valence-corrected chi connectivity index (χ4v) is 1.70. The maximum atomic E-state index is 10.7. The van der Waals surface area contributed by atoms with Gasteiger partial charge in [0, 0.05) is 12.7 Å². The third kappa shape index (κ3) is 3.42. The van der Waals surface area contributed by atoms with Crippen LogP contribution in [0.1, 0.15) is 40.5 Å². The van der Waals surface area contributed by atoms with Crippen LogP contribution in [0.25, 0.3) is 0 Å². The first kappa shape index (κ1) is 13.3. The average Bonchev–Trinajstić information content (AvgIpc) is 2.83. The summed E-state index contributed by atoms with van der Waals surface area (Å²) in [6.45, 7) is 4.47. The molecule has 2 aromatic heterocycles. The van der Waals surface area contributed by atoms with Crippen LogP contribution in [0, 0.1) is 6.92 Å². The molecule has 2 rings (SSSR count). The molecule has 100 valence electrons. The number of aromatic carboxylic acids is 1. The highest BCUT2D eigenvalue weighted by molar-refractivity contribution is 5.87. The molecule has 0 amide bonds. The zero-order chi connectivity index (χ0) is 13.8. The number of carboxylic acids is 1. The van der Waals surface area contributed by atoms with E-state index in [-0.39, 0.29) is 11.6 Å². The molecule has 2 heterocycles. The van der Waals surface area contributed by atoms with Crippen molar-refractivity contribution < 1.29 is 14.3 Å². The first-order chi connectivity index (χ1) is 9.06. The number of hydrogen-bond acceptors (Lipinski definition) is 4. The topological polar surface area (TPSA) is 75.4 Å². The molecular weight excluding hydrogens is 244 g/mol. The van der Waals surface area contributed by atoms with E-state index in [0.29, 0.717) is 6.54 Å². The lowest BCUT2D eigenvalue weighted by molar-refractivity contribution is 0.0696. The van der Waals surface area contributed by atoms with Gasteiger partial charge in [0.15, 0.2) is 0 Å². The summed E-state index contributed by atoms with van der Waals surface area (Å²) in [4.78, 5) is 14.8. The quantitative estimate of drug-likeness (QED) is 0.864. The zero-order valence-electron chi connectivity index (χ0n) is 10.9. The molecule has 5 nitrogen and oxygen atoms in total. The van der Waals surface area contributed by atoms with E-state index in [4.69, 9.17) is 9.52 Å². The van der Waals surface area contributed by atoms with Crippen LogP contribution in [0.15, 0.2) is 34.9 Å². The predicted molar refractivity (Wildman–Crippen MR) is 69.9 cm³/mol. The lowest BCUT2D eigenvalue weighted by Gasteiger charge is -2.10. The minimum Gasteiger partial charge on any atom is -0.478 e. The van der Waals surface area contributed by atoms with E-state index in [1.165, 1.54) is 6.20 Å². The number of nitrogens with zero attached hydrogens (tertiary/aromatic N) is 1. The van der Waals surface area contributed by atoms with Crippen molar-refractivity contribution in [2.24, 2.45) is 0 Å². The maximum Gasteiger partial charge on any atom is 0.337 e. The molecule has 0 aliphatic heterocycles. The molecule has 0 fully saturated rings. The van der Waals surface area contributed by atoms with Gasteiger partial charge in [-0.25, -0.2) is 4.79 Å². The second-order valence-corrected chi connectivity index (χ2v) is 4.39. The van der Waals surface area contributed by atoms with Gasteiger partial charge in [-0.1, -0.05) is 0 Å². The molecule has 0 aliphatic rings. The van der Waals surface area contributed by atoms with Gasteiger partial charge < -0.3 is 14.8 Å². The molecule has 2 aromatic rings. The Labute approximate surface area is 111 Å². The van der Waals surface area contributed by atoms with E-state index in [2.05, 4.69) is 10.3 Å². The van der Waals surface area contributed by atoms with E-state index < -0.39 is 5.97 Å². The van der Waals surface area contributed by atoms with Crippen LogP contribution < -0.4 is 5.32 Å². The Bertz CT molecular complexity index is 560. The van der Waals surface area contributed by atoms with Crippen LogP contribution in [-0.2, 0) is 6.54 Å². The van der Waals surface area contributed by atoms with Crippen LogP contribution >= 0.6 is 0 Å². The highest BCUT2D eigenvalue weighted by Crippen LogP contribution is 2.15. The number of aryl methyl sites for hydroxylation is 1. The molecule has 0 bridgehead atoms. The van der Waals surface area contributed by atoms with Gasteiger partial charge in [0.1, 0.15) is 11.5 Å². The van der Waals surface area contributed by atoms with Crippen molar-refractivity contribution in [2.75, 3.05) is 0 Å². The summed E-state index contributed by atoms with van der Waals surface area (Å²) in [5.41, 5.74) is 0.985. The van der Waals surface area contributed by atoms with Crippen molar-refractivity contribution in [3.05, 3.63) is 53.2 Å². The minimum absolute atomic E-state index is 0.0784. The summed E-state index contributed by atoms with van der Waals surface area (Å²) < 4.78 is 5.52. The van der Waals surface area contributed by atoms with E-state index in [0.717, 1.165) is 17.2 Å². The molecular formula is C14H16N2O3. The number of rotatable bonds is 5. The Morgan fingerprint density at radius 2 is 2.21 bits per heavy atom. The number of pyridine rings is 1. The van der Waals surface area contributed by atoms with E-state index in [1.54, 1.807) is 12.1 Å². The first-order valence-corrected chi connectivity index (χ1v) is 6.04. The van der Waals surface area contributed by atoms with Crippen molar-refractivity contribution in [1.29, 1.82) is 0 Å². The molecule has 0 aliphatic carbocycles. The molecule has 1 unspecified atom stereocenters. The molecule has 0 saturated heterocycles. The van der Waals surface area contributed by atoms with Crippen LogP contribution in [0.2, 0.25) is 0 Å². The molecule has 1 atom stereocenters. The Morgan fingerprint density at radius 1 is 1.42 bits per heavy atom. The van der Waals surface area contributed by atoms with Gasteiger partial charge >= 0.3 is 5.97 Å². The second-order valence-electron chi connectivity index (χ2n) is 4.39. The number of carbonyl (C=O) groups is 1. The summed E-state index contributed by atoms with van der Waals surface area (Å²) in [5, 5.41) is 12.1. The molecule has 0 aromatic carbocycles. The van der Waals surface area contributed by atoms with Gasteiger partial charge in [-0.05, 0) is 38.1 Å². The molecule has 0 saturated carbocycles. The fraction of sp³-hybridized carbons (Fsp3) is 0.286. The maximum absolute atomic E-state index is 10.7. The van der Waals surface area contributed by atoms with Crippen LogP contribution in [0.4, 0.5) is 0 Å². The van der Waals surface area contributed by atoms with Gasteiger partial charge in [-0.15, -0.1) is 0 Å². The van der Waals surface area contributed by atoms with Gasteiger partial charge in [0.25, 0.3) is 0 Å². The SMILES string of the molecule is Cc1ccc(C(C)NCc2ccc(C(=O)O)cn2)o1. The Balaban J connectivity index is 1.93. The van der Waals surface area contributed by atoms with Crippen molar-refractivity contribution in [1.82, 2.24) is 10.3 Å². The van der Waals surface area contributed by atoms with E-state index in [9.17, 15) is 4.79 Å². The van der Waals surface area contributed by atoms with Crippen LogP contribution in [0.5, 0.6) is 0 Å². The third-order valence-electron chi connectivity index (χ3n) is 2.85. The Hall–Kier alpha value is -2.14. The number of aromatic nitrogens is 1. The van der Waals surface area contributed by atoms with Gasteiger partial charge in [-0.2, -0.15) is 0 Å². The van der Waals surface area contributed by atoms with Crippen molar-refractivity contribution in [3.63, 3.8) is 0 Å². The summed E-state index contributed by atoms with van der Waals surface area (Å²) in [7, 11) is 0. The number of hydrogen-bond donors (Lipinski definition) is 2. The standard InChI is InChI=1S/C14H16N2O3/c1-9-3-6-13(19-9)10(2)15-8-12-5-4-11(7-16-12)14(17)18/h3-7,10,15H,8H2,1-2H3,(H,17,18). The van der Waals surface area contributed by atoms with Crippen LogP contribution in [-0.4, -0.2) is 16.1 Å². The normalized spacial score (nSPS) is 12.3. The molecule has 5 heteroatoms. The molecule has 0 spiro atoms. The third-order valence-corrected chi connectivity index (χ3v) is 2.85. The zero-order valence-corrected chi connectivity index (χ0v) is 10.9. The number of carboxylic acid groups (broad SMARTS) is 1. The lowest BCUT2D eigenvalue weighted by Crippen LogP contribution is -2.18. The average molecular weight is 260 g/mol. The van der Waals surface area contributed by atoms with Gasteiger partial charge in [0.05, 0.1) is 17.3 Å². The Kier molecular flexibility index (Phi) is 3.97. The smallest absolute Gasteiger partial charge is 0.337 e. The van der Waals surface area contributed by atoms with Gasteiger partial charge in [-0.3, -0.25) is 4.98 Å². The predicted octanol–water partition coefficient (Wildman–Crippen LogP) is 2.53. The largest absolute Gasteiger partial charge is 0.478 e.